The monoisotopic (exact) mass is 196 g/mol. The lowest BCUT2D eigenvalue weighted by molar-refractivity contribution is 0.0687. The molecule has 0 fully saturated rings. The van der Waals surface area contributed by atoms with E-state index in [1.54, 1.807) is 0 Å². The Morgan fingerprint density at radius 3 is 2.57 bits per heavy atom. The van der Waals surface area contributed by atoms with Crippen LogP contribution in [0.4, 0.5) is 0 Å². The molecule has 5 heteroatoms. The fraction of sp³-hybridized carbons (Fsp3) is 0.444. The van der Waals surface area contributed by atoms with Crippen molar-refractivity contribution in [3.05, 3.63) is 17.6 Å². The lowest BCUT2D eigenvalue weighted by Gasteiger charge is -2.11. The molecule has 0 radical (unpaired) electrons. The van der Waals surface area contributed by atoms with Crippen molar-refractivity contribution in [2.75, 3.05) is 7.11 Å². The molecule has 14 heavy (non-hydrogen) atoms. The Kier molecular flexibility index (Phi) is 3.01. The van der Waals surface area contributed by atoms with Crippen LogP contribution < -0.4 is 4.74 Å². The first-order valence-corrected chi connectivity index (χ1v) is 4.20. The maximum absolute atomic E-state index is 10.8. The molecule has 1 heterocycles. The molecule has 0 aliphatic carbocycles. The number of methoxy groups -OCH3 is 1. The maximum atomic E-state index is 10.8. The third-order valence-electron chi connectivity index (χ3n) is 1.82. The number of nitrogens with zero attached hydrogens (tertiary/aromatic N) is 2. The molecule has 0 saturated heterocycles. The zero-order chi connectivity index (χ0) is 10.7. The number of carboxylic acid groups (broad SMARTS) is 1. The van der Waals surface area contributed by atoms with Gasteiger partial charge < -0.3 is 9.84 Å². The van der Waals surface area contributed by atoms with Crippen LogP contribution in [-0.2, 0) is 0 Å². The Labute approximate surface area is 81.8 Å². The van der Waals surface area contributed by atoms with E-state index >= 15 is 0 Å². The van der Waals surface area contributed by atoms with Gasteiger partial charge in [-0.3, -0.25) is 0 Å². The van der Waals surface area contributed by atoms with Crippen LogP contribution in [0.5, 0.6) is 5.88 Å². The van der Waals surface area contributed by atoms with E-state index in [9.17, 15) is 4.79 Å². The van der Waals surface area contributed by atoms with Gasteiger partial charge in [0.05, 0.1) is 7.11 Å². The van der Waals surface area contributed by atoms with E-state index in [4.69, 9.17) is 9.84 Å². The van der Waals surface area contributed by atoms with Gasteiger partial charge in [-0.05, 0) is 5.92 Å². The van der Waals surface area contributed by atoms with Crippen LogP contribution in [0.1, 0.15) is 35.8 Å². The molecular formula is C9H12N2O3. The predicted molar refractivity (Wildman–Crippen MR) is 49.6 cm³/mol. The summed E-state index contributed by atoms with van der Waals surface area (Å²) >= 11 is 0. The Hall–Kier alpha value is -1.65. The van der Waals surface area contributed by atoms with E-state index in [2.05, 4.69) is 9.97 Å². The average Bonchev–Trinajstić information content (AvgIpc) is 2.16. The van der Waals surface area contributed by atoms with Gasteiger partial charge in [0.2, 0.25) is 5.88 Å². The van der Waals surface area contributed by atoms with Gasteiger partial charge in [-0.25, -0.2) is 14.8 Å². The van der Waals surface area contributed by atoms with Crippen LogP contribution >= 0.6 is 0 Å². The molecule has 0 spiro atoms. The largest absolute Gasteiger partial charge is 0.481 e. The maximum Gasteiger partial charge on any atom is 0.355 e. The molecule has 0 bridgehead atoms. The second kappa shape index (κ2) is 4.04. The van der Waals surface area contributed by atoms with Crippen molar-refractivity contribution in [1.29, 1.82) is 0 Å². The normalized spacial score (nSPS) is 10.3. The molecular weight excluding hydrogens is 184 g/mol. The summed E-state index contributed by atoms with van der Waals surface area (Å²) in [7, 11) is 1.46. The minimum atomic E-state index is -1.06. The first-order valence-electron chi connectivity index (χ1n) is 4.20. The summed E-state index contributed by atoms with van der Waals surface area (Å²) in [6.07, 6.45) is 1.19. The summed E-state index contributed by atoms with van der Waals surface area (Å²) in [4.78, 5) is 18.4. The molecule has 0 aromatic carbocycles. The summed E-state index contributed by atoms with van der Waals surface area (Å²) in [5, 5.41) is 8.89. The van der Waals surface area contributed by atoms with Gasteiger partial charge in [0.15, 0.2) is 5.69 Å². The first kappa shape index (κ1) is 10.4. The molecule has 0 unspecified atom stereocenters. The predicted octanol–water partition coefficient (Wildman–Crippen LogP) is 1.31. The van der Waals surface area contributed by atoms with Crippen LogP contribution in [0.2, 0.25) is 0 Å². The number of hydrogen-bond acceptors (Lipinski definition) is 4. The van der Waals surface area contributed by atoms with Crippen molar-refractivity contribution in [1.82, 2.24) is 9.97 Å². The Balaban J connectivity index is 3.35. The van der Waals surface area contributed by atoms with E-state index in [1.807, 2.05) is 13.8 Å². The molecule has 1 N–H and O–H groups in total. The quantitative estimate of drug-likeness (QED) is 0.788. The standard InChI is InChI=1S/C9H12N2O3/c1-5(2)6-7(9(12)13)10-4-11-8(6)14-3/h4-5H,1-3H3,(H,12,13). The molecule has 0 aliphatic heterocycles. The minimum absolute atomic E-state index is 0.00634. The number of carboxylic acids is 1. The molecule has 1 rings (SSSR count). The number of carbonyl (C=O) groups is 1. The molecule has 76 valence electrons. The molecule has 1 aromatic rings. The van der Waals surface area contributed by atoms with Crippen molar-refractivity contribution in [3.8, 4) is 5.88 Å². The molecule has 0 atom stereocenters. The highest BCUT2D eigenvalue weighted by Crippen LogP contribution is 2.25. The molecule has 0 saturated carbocycles. The number of aromatic carboxylic acids is 1. The second-order valence-electron chi connectivity index (χ2n) is 3.11. The minimum Gasteiger partial charge on any atom is -0.481 e. The van der Waals surface area contributed by atoms with E-state index in [0.717, 1.165) is 0 Å². The Morgan fingerprint density at radius 2 is 2.14 bits per heavy atom. The number of ether oxygens (including phenoxy) is 1. The smallest absolute Gasteiger partial charge is 0.355 e. The third kappa shape index (κ3) is 1.81. The molecule has 0 amide bonds. The van der Waals surface area contributed by atoms with Gasteiger partial charge in [0.1, 0.15) is 6.33 Å². The van der Waals surface area contributed by atoms with Gasteiger partial charge in [-0.1, -0.05) is 13.8 Å². The van der Waals surface area contributed by atoms with Gasteiger partial charge >= 0.3 is 5.97 Å². The van der Waals surface area contributed by atoms with Gasteiger partial charge in [-0.15, -0.1) is 0 Å². The third-order valence-corrected chi connectivity index (χ3v) is 1.82. The van der Waals surface area contributed by atoms with Crippen molar-refractivity contribution in [3.63, 3.8) is 0 Å². The number of aromatic nitrogens is 2. The Bertz CT molecular complexity index is 350. The van der Waals surface area contributed by atoms with Gasteiger partial charge in [0, 0.05) is 5.56 Å². The first-order chi connectivity index (χ1) is 6.57. The van der Waals surface area contributed by atoms with E-state index < -0.39 is 5.97 Å². The van der Waals surface area contributed by atoms with Crippen LogP contribution in [0.15, 0.2) is 6.33 Å². The zero-order valence-corrected chi connectivity index (χ0v) is 8.31. The van der Waals surface area contributed by atoms with E-state index in [1.165, 1.54) is 13.4 Å². The van der Waals surface area contributed by atoms with Crippen LogP contribution in [0.25, 0.3) is 0 Å². The van der Waals surface area contributed by atoms with Crippen LogP contribution in [-0.4, -0.2) is 28.2 Å². The van der Waals surface area contributed by atoms with Gasteiger partial charge in [-0.2, -0.15) is 0 Å². The molecule has 5 nitrogen and oxygen atoms in total. The zero-order valence-electron chi connectivity index (χ0n) is 8.31. The fourth-order valence-corrected chi connectivity index (χ4v) is 1.23. The van der Waals surface area contributed by atoms with E-state index in [0.29, 0.717) is 11.4 Å². The lowest BCUT2D eigenvalue weighted by Crippen LogP contribution is -2.10. The van der Waals surface area contributed by atoms with Crippen molar-refractivity contribution < 1.29 is 14.6 Å². The average molecular weight is 196 g/mol. The van der Waals surface area contributed by atoms with E-state index in [-0.39, 0.29) is 11.6 Å². The highest BCUT2D eigenvalue weighted by atomic mass is 16.5. The van der Waals surface area contributed by atoms with Crippen molar-refractivity contribution >= 4 is 5.97 Å². The fourth-order valence-electron chi connectivity index (χ4n) is 1.23. The summed E-state index contributed by atoms with van der Waals surface area (Å²) < 4.78 is 4.98. The van der Waals surface area contributed by atoms with Crippen LogP contribution in [0, 0.1) is 0 Å². The number of rotatable bonds is 3. The highest BCUT2D eigenvalue weighted by Gasteiger charge is 2.19. The summed E-state index contributed by atoms with van der Waals surface area (Å²) in [6, 6.07) is 0. The summed E-state index contributed by atoms with van der Waals surface area (Å²) in [5.74, 6) is -0.723. The SMILES string of the molecule is COc1ncnc(C(=O)O)c1C(C)C. The summed E-state index contributed by atoms with van der Waals surface area (Å²) in [5.41, 5.74) is 0.536. The Morgan fingerprint density at radius 1 is 1.50 bits per heavy atom. The number of hydrogen-bond donors (Lipinski definition) is 1. The second-order valence-corrected chi connectivity index (χ2v) is 3.11. The summed E-state index contributed by atoms with van der Waals surface area (Å²) in [6.45, 7) is 3.74. The lowest BCUT2D eigenvalue weighted by atomic mass is 10.0. The topological polar surface area (TPSA) is 72.3 Å². The van der Waals surface area contributed by atoms with Crippen molar-refractivity contribution in [2.24, 2.45) is 0 Å². The molecule has 0 aliphatic rings. The van der Waals surface area contributed by atoms with Crippen LogP contribution in [0.3, 0.4) is 0 Å². The molecule has 1 aromatic heterocycles. The van der Waals surface area contributed by atoms with Crippen molar-refractivity contribution in [2.45, 2.75) is 19.8 Å². The highest BCUT2D eigenvalue weighted by molar-refractivity contribution is 5.87. The van der Waals surface area contributed by atoms with Gasteiger partial charge in [0.25, 0.3) is 0 Å².